The van der Waals surface area contributed by atoms with Crippen LogP contribution in [0.2, 0.25) is 0 Å². The van der Waals surface area contributed by atoms with Crippen molar-refractivity contribution in [1.82, 2.24) is 10.2 Å². The third kappa shape index (κ3) is 8.58. The molecule has 1 aromatic rings. The minimum absolute atomic E-state index is 0.0400. The summed E-state index contributed by atoms with van der Waals surface area (Å²) < 4.78 is 9.76. The number of ether oxygens (including phenoxy) is 2. The van der Waals surface area contributed by atoms with E-state index in [1.165, 1.54) is 36.3 Å². The van der Waals surface area contributed by atoms with Crippen LogP contribution in [0.5, 0.6) is 0 Å². The highest BCUT2D eigenvalue weighted by atomic mass is 16.6. The number of benzene rings is 1. The first kappa shape index (κ1) is 23.9. The molecule has 10 nitrogen and oxygen atoms in total. The fourth-order valence-electron chi connectivity index (χ4n) is 2.41. The van der Waals surface area contributed by atoms with E-state index in [0.717, 1.165) is 0 Å². The Morgan fingerprint density at radius 2 is 1.79 bits per heavy atom. The largest absolute Gasteiger partial charge is 0.469 e. The van der Waals surface area contributed by atoms with Gasteiger partial charge in [0, 0.05) is 24.7 Å². The Labute approximate surface area is 169 Å². The van der Waals surface area contributed by atoms with Crippen LogP contribution >= 0.6 is 0 Å². The third-order valence-corrected chi connectivity index (χ3v) is 3.83. The molecule has 0 aliphatic heterocycles. The molecule has 0 radical (unpaired) electrons. The summed E-state index contributed by atoms with van der Waals surface area (Å²) in [7, 11) is 1.25. The SMILES string of the molecule is COC(=O)CC(C)N(Cc1ccc([N+](=O)[O-])cc1)C(=O)CNC(=O)OC(C)(C)C. The van der Waals surface area contributed by atoms with Gasteiger partial charge in [0.1, 0.15) is 12.1 Å². The van der Waals surface area contributed by atoms with Crippen LogP contribution in [0.1, 0.15) is 39.7 Å². The van der Waals surface area contributed by atoms with Gasteiger partial charge in [-0.3, -0.25) is 19.7 Å². The van der Waals surface area contributed by atoms with Crippen molar-refractivity contribution in [1.29, 1.82) is 0 Å². The Kier molecular flexibility index (Phi) is 8.56. The first-order valence-electron chi connectivity index (χ1n) is 8.99. The smallest absolute Gasteiger partial charge is 0.408 e. The van der Waals surface area contributed by atoms with Crippen molar-refractivity contribution in [3.05, 3.63) is 39.9 Å². The minimum Gasteiger partial charge on any atom is -0.469 e. The Morgan fingerprint density at radius 3 is 2.28 bits per heavy atom. The third-order valence-electron chi connectivity index (χ3n) is 3.83. The number of nitrogens with one attached hydrogen (secondary N) is 1. The van der Waals surface area contributed by atoms with Crippen LogP contribution in [0.3, 0.4) is 0 Å². The summed E-state index contributed by atoms with van der Waals surface area (Å²) in [5.74, 6) is -0.926. The van der Waals surface area contributed by atoms with E-state index in [1.807, 2.05) is 0 Å². The first-order chi connectivity index (χ1) is 13.4. The molecule has 0 saturated heterocycles. The van der Waals surface area contributed by atoms with E-state index in [2.05, 4.69) is 10.1 Å². The maximum atomic E-state index is 12.7. The van der Waals surface area contributed by atoms with Crippen molar-refractivity contribution in [2.75, 3.05) is 13.7 Å². The number of carbonyl (C=O) groups excluding carboxylic acids is 3. The zero-order valence-electron chi connectivity index (χ0n) is 17.3. The zero-order valence-corrected chi connectivity index (χ0v) is 17.3. The molecular weight excluding hydrogens is 382 g/mol. The van der Waals surface area contributed by atoms with Gasteiger partial charge in [-0.05, 0) is 33.3 Å². The molecule has 0 saturated carbocycles. The normalized spacial score (nSPS) is 11.9. The van der Waals surface area contributed by atoms with Crippen molar-refractivity contribution in [2.45, 2.75) is 52.3 Å². The second-order valence-electron chi connectivity index (χ2n) is 7.43. The highest BCUT2D eigenvalue weighted by Gasteiger charge is 2.24. The second-order valence-corrected chi connectivity index (χ2v) is 7.43. The molecule has 0 fully saturated rings. The predicted octanol–water partition coefficient (Wildman–Crippen LogP) is 2.40. The molecule has 2 amide bonds. The average Bonchev–Trinajstić information content (AvgIpc) is 2.62. The van der Waals surface area contributed by atoms with Gasteiger partial charge >= 0.3 is 12.1 Å². The average molecular weight is 409 g/mol. The molecule has 0 spiro atoms. The van der Waals surface area contributed by atoms with Crippen LogP contribution < -0.4 is 5.32 Å². The standard InChI is InChI=1S/C19H27N3O7/c1-13(10-17(24)28-5)21(12-14-6-8-15(9-7-14)22(26)27)16(23)11-20-18(25)29-19(2,3)4/h6-9,13H,10-12H2,1-5H3,(H,20,25). The van der Waals surface area contributed by atoms with E-state index in [-0.39, 0.29) is 25.2 Å². The lowest BCUT2D eigenvalue weighted by atomic mass is 10.1. The Balaban J connectivity index is 2.89. The fourth-order valence-corrected chi connectivity index (χ4v) is 2.41. The van der Waals surface area contributed by atoms with Crippen molar-refractivity contribution < 1.29 is 28.8 Å². The number of nitro benzene ring substituents is 1. The summed E-state index contributed by atoms with van der Waals surface area (Å²) in [4.78, 5) is 47.8. The molecule has 1 unspecified atom stereocenters. The highest BCUT2D eigenvalue weighted by Crippen LogP contribution is 2.16. The lowest BCUT2D eigenvalue weighted by Crippen LogP contribution is -2.45. The number of amides is 2. The summed E-state index contributed by atoms with van der Waals surface area (Å²) in [6.45, 7) is 6.56. The van der Waals surface area contributed by atoms with Crippen molar-refractivity contribution in [3.8, 4) is 0 Å². The molecule has 0 heterocycles. The molecule has 0 aromatic heterocycles. The number of non-ortho nitro benzene ring substituents is 1. The summed E-state index contributed by atoms with van der Waals surface area (Å²) in [5, 5.41) is 13.2. The number of alkyl carbamates (subject to hydrolysis) is 1. The summed E-state index contributed by atoms with van der Waals surface area (Å²) in [6.07, 6.45) is -0.775. The van der Waals surface area contributed by atoms with Crippen LogP contribution in [0.25, 0.3) is 0 Å². The topological polar surface area (TPSA) is 128 Å². The predicted molar refractivity (Wildman–Crippen MR) is 104 cm³/mol. The number of nitro groups is 1. The molecule has 1 atom stereocenters. The van der Waals surface area contributed by atoms with Gasteiger partial charge in [0.2, 0.25) is 5.91 Å². The van der Waals surface area contributed by atoms with E-state index < -0.39 is 34.5 Å². The Hall–Kier alpha value is -3.17. The number of esters is 1. The van der Waals surface area contributed by atoms with Crippen molar-refractivity contribution >= 4 is 23.7 Å². The molecule has 160 valence electrons. The lowest BCUT2D eigenvalue weighted by Gasteiger charge is -2.29. The maximum Gasteiger partial charge on any atom is 0.408 e. The molecule has 0 bridgehead atoms. The molecule has 1 rings (SSSR count). The van der Waals surface area contributed by atoms with Crippen LogP contribution in [0.4, 0.5) is 10.5 Å². The monoisotopic (exact) mass is 409 g/mol. The van der Waals surface area contributed by atoms with Crippen LogP contribution in [-0.4, -0.2) is 53.1 Å². The van der Waals surface area contributed by atoms with Crippen LogP contribution in [0, 0.1) is 10.1 Å². The molecule has 0 aliphatic rings. The summed E-state index contributed by atoms with van der Waals surface area (Å²) in [5.41, 5.74) is -0.136. The zero-order chi connectivity index (χ0) is 22.2. The van der Waals surface area contributed by atoms with E-state index in [1.54, 1.807) is 27.7 Å². The van der Waals surface area contributed by atoms with Crippen molar-refractivity contribution in [2.24, 2.45) is 0 Å². The number of hydrogen-bond donors (Lipinski definition) is 1. The van der Waals surface area contributed by atoms with Gasteiger partial charge in [-0.15, -0.1) is 0 Å². The molecule has 10 heteroatoms. The van der Waals surface area contributed by atoms with Gasteiger partial charge in [0.15, 0.2) is 0 Å². The first-order valence-corrected chi connectivity index (χ1v) is 8.99. The summed E-state index contributed by atoms with van der Waals surface area (Å²) in [6, 6.07) is 5.21. The van der Waals surface area contributed by atoms with Gasteiger partial charge in [0.05, 0.1) is 18.5 Å². The number of hydrogen-bond acceptors (Lipinski definition) is 7. The molecule has 1 N–H and O–H groups in total. The van der Waals surface area contributed by atoms with Gasteiger partial charge in [-0.25, -0.2) is 4.79 Å². The van der Waals surface area contributed by atoms with Crippen LogP contribution in [0.15, 0.2) is 24.3 Å². The van der Waals surface area contributed by atoms with Gasteiger partial charge in [-0.1, -0.05) is 12.1 Å². The van der Waals surface area contributed by atoms with E-state index in [0.29, 0.717) is 5.56 Å². The highest BCUT2D eigenvalue weighted by molar-refractivity contribution is 5.83. The molecule has 29 heavy (non-hydrogen) atoms. The molecular formula is C19H27N3O7. The Morgan fingerprint density at radius 1 is 1.21 bits per heavy atom. The lowest BCUT2D eigenvalue weighted by molar-refractivity contribution is -0.384. The van der Waals surface area contributed by atoms with Crippen molar-refractivity contribution in [3.63, 3.8) is 0 Å². The van der Waals surface area contributed by atoms with E-state index in [4.69, 9.17) is 4.74 Å². The number of carbonyl (C=O) groups is 3. The Bertz CT molecular complexity index is 741. The molecule has 0 aliphatic carbocycles. The number of nitrogens with zero attached hydrogens (tertiary/aromatic N) is 2. The van der Waals surface area contributed by atoms with Gasteiger partial charge < -0.3 is 19.7 Å². The fraction of sp³-hybridized carbons (Fsp3) is 0.526. The second kappa shape index (κ2) is 10.4. The maximum absolute atomic E-state index is 12.7. The molecule has 1 aromatic carbocycles. The number of methoxy groups -OCH3 is 1. The quantitative estimate of drug-likeness (QED) is 0.396. The minimum atomic E-state index is -0.734. The summed E-state index contributed by atoms with van der Waals surface area (Å²) >= 11 is 0. The van der Waals surface area contributed by atoms with Crippen LogP contribution in [-0.2, 0) is 25.6 Å². The number of rotatable bonds is 8. The van der Waals surface area contributed by atoms with Gasteiger partial charge in [-0.2, -0.15) is 0 Å². The van der Waals surface area contributed by atoms with E-state index >= 15 is 0 Å². The van der Waals surface area contributed by atoms with E-state index in [9.17, 15) is 24.5 Å². The van der Waals surface area contributed by atoms with Gasteiger partial charge in [0.25, 0.3) is 5.69 Å².